The van der Waals surface area contributed by atoms with Gasteiger partial charge in [-0.25, -0.2) is 8.78 Å². The van der Waals surface area contributed by atoms with Crippen LogP contribution < -0.4 is 0 Å². The van der Waals surface area contributed by atoms with Crippen LogP contribution >= 0.6 is 0 Å². The average Bonchev–Trinajstić information content (AvgIpc) is 2.97. The molecule has 2 aliphatic heterocycles. The molecule has 2 fully saturated rings. The molecule has 0 radical (unpaired) electrons. The summed E-state index contributed by atoms with van der Waals surface area (Å²) in [7, 11) is 1.49. The van der Waals surface area contributed by atoms with Crippen LogP contribution in [0.3, 0.4) is 0 Å². The van der Waals surface area contributed by atoms with E-state index in [-0.39, 0.29) is 25.0 Å². The number of nitrogens with zero attached hydrogens (tertiary/aromatic N) is 2. The molecule has 2 atom stereocenters. The van der Waals surface area contributed by atoms with Crippen molar-refractivity contribution in [3.8, 4) is 0 Å². The molecule has 0 aliphatic carbocycles. The van der Waals surface area contributed by atoms with Crippen molar-refractivity contribution in [1.82, 2.24) is 9.80 Å². The van der Waals surface area contributed by atoms with E-state index < -0.39 is 17.0 Å². The molecular formula is C18H24F2N2O3. The van der Waals surface area contributed by atoms with E-state index in [1.165, 1.54) is 19.2 Å². The van der Waals surface area contributed by atoms with Crippen LogP contribution in [0.5, 0.6) is 0 Å². The van der Waals surface area contributed by atoms with Crippen molar-refractivity contribution in [2.75, 3.05) is 46.5 Å². The van der Waals surface area contributed by atoms with Gasteiger partial charge in [-0.2, -0.15) is 0 Å². The van der Waals surface area contributed by atoms with Gasteiger partial charge in [-0.3, -0.25) is 9.69 Å². The summed E-state index contributed by atoms with van der Waals surface area (Å²) < 4.78 is 31.9. The van der Waals surface area contributed by atoms with Crippen molar-refractivity contribution in [2.24, 2.45) is 11.3 Å². The van der Waals surface area contributed by atoms with Gasteiger partial charge in [-0.1, -0.05) is 6.07 Å². The average molecular weight is 354 g/mol. The van der Waals surface area contributed by atoms with Gasteiger partial charge < -0.3 is 14.7 Å². The molecule has 1 amide bonds. The number of carbonyl (C=O) groups excluding carboxylic acids is 1. The molecule has 2 unspecified atom stereocenters. The molecule has 2 aliphatic rings. The fourth-order valence-corrected chi connectivity index (χ4v) is 4.13. The summed E-state index contributed by atoms with van der Waals surface area (Å²) in [5.41, 5.74) is 0.0521. The van der Waals surface area contributed by atoms with E-state index >= 15 is 0 Å². The Morgan fingerprint density at radius 3 is 2.88 bits per heavy atom. The van der Waals surface area contributed by atoms with Gasteiger partial charge in [0.05, 0.1) is 6.61 Å². The predicted octanol–water partition coefficient (Wildman–Crippen LogP) is 1.25. The summed E-state index contributed by atoms with van der Waals surface area (Å²) in [5, 5.41) is 10.0. The van der Waals surface area contributed by atoms with Crippen molar-refractivity contribution >= 4 is 5.91 Å². The fourth-order valence-electron chi connectivity index (χ4n) is 4.13. The van der Waals surface area contributed by atoms with Gasteiger partial charge in [0.25, 0.3) is 0 Å². The van der Waals surface area contributed by atoms with Crippen LogP contribution in [-0.2, 0) is 16.1 Å². The minimum Gasteiger partial charge on any atom is -0.396 e. The molecule has 2 saturated heterocycles. The van der Waals surface area contributed by atoms with E-state index in [9.17, 15) is 18.7 Å². The summed E-state index contributed by atoms with van der Waals surface area (Å²) in [6, 6.07) is 3.61. The minimum absolute atomic E-state index is 0.0170. The molecule has 0 saturated carbocycles. The Morgan fingerprint density at radius 1 is 1.40 bits per heavy atom. The van der Waals surface area contributed by atoms with Gasteiger partial charge in [0.2, 0.25) is 5.91 Å². The number of piperidine rings is 1. The van der Waals surface area contributed by atoms with E-state index in [1.807, 2.05) is 0 Å². The zero-order valence-corrected chi connectivity index (χ0v) is 14.4. The summed E-state index contributed by atoms with van der Waals surface area (Å²) in [5.74, 6) is -0.980. The first kappa shape index (κ1) is 18.2. The zero-order valence-electron chi connectivity index (χ0n) is 14.4. The Balaban J connectivity index is 1.70. The summed E-state index contributed by atoms with van der Waals surface area (Å²) in [6.45, 7) is 2.85. The third kappa shape index (κ3) is 3.68. The summed E-state index contributed by atoms with van der Waals surface area (Å²) in [6.07, 6.45) is 0.833. The lowest BCUT2D eigenvalue weighted by atomic mass is 9.74. The normalized spacial score (nSPS) is 26.7. The maximum Gasteiger partial charge on any atom is 0.248 e. The van der Waals surface area contributed by atoms with Crippen molar-refractivity contribution in [1.29, 1.82) is 0 Å². The van der Waals surface area contributed by atoms with Crippen molar-refractivity contribution in [2.45, 2.75) is 13.0 Å². The number of hydrogen-bond acceptors (Lipinski definition) is 4. The van der Waals surface area contributed by atoms with E-state index in [1.54, 1.807) is 4.90 Å². The maximum atomic E-state index is 13.9. The van der Waals surface area contributed by atoms with E-state index in [0.29, 0.717) is 31.7 Å². The Kier molecular flexibility index (Phi) is 5.36. The highest BCUT2D eigenvalue weighted by atomic mass is 19.1. The first-order chi connectivity index (χ1) is 12.0. The standard InChI is InChI=1S/C18H24F2N2O3/c1-25-9-17(24)22-8-14-4-5-21(10-18(14,11-22)12-23)7-13-2-3-15(19)6-16(13)20/h2-3,6,14,23H,4-5,7-12H2,1H3. The quantitative estimate of drug-likeness (QED) is 0.865. The fraction of sp³-hybridized carbons (Fsp3) is 0.611. The number of ether oxygens (including phenoxy) is 1. The second kappa shape index (κ2) is 7.35. The molecule has 0 bridgehead atoms. The zero-order chi connectivity index (χ0) is 18.0. The molecule has 1 aromatic rings. The van der Waals surface area contributed by atoms with Gasteiger partial charge in [-0.05, 0) is 24.9 Å². The van der Waals surface area contributed by atoms with Gasteiger partial charge in [0.15, 0.2) is 0 Å². The van der Waals surface area contributed by atoms with Gasteiger partial charge in [0.1, 0.15) is 18.2 Å². The maximum absolute atomic E-state index is 13.9. The Hall–Kier alpha value is -1.57. The van der Waals surface area contributed by atoms with Gasteiger partial charge in [0, 0.05) is 50.3 Å². The number of likely N-dealkylation sites (tertiary alicyclic amines) is 2. The molecular weight excluding hydrogens is 330 g/mol. The van der Waals surface area contributed by atoms with E-state index in [4.69, 9.17) is 4.74 Å². The van der Waals surface area contributed by atoms with Crippen LogP contribution in [0.15, 0.2) is 18.2 Å². The van der Waals surface area contributed by atoms with E-state index in [0.717, 1.165) is 19.0 Å². The number of hydrogen-bond donors (Lipinski definition) is 1. The third-order valence-electron chi connectivity index (χ3n) is 5.49. The predicted molar refractivity (Wildman–Crippen MR) is 87.7 cm³/mol. The summed E-state index contributed by atoms with van der Waals surface area (Å²) in [4.78, 5) is 15.9. The van der Waals surface area contributed by atoms with Crippen molar-refractivity contribution in [3.63, 3.8) is 0 Å². The molecule has 138 valence electrons. The molecule has 5 nitrogen and oxygen atoms in total. The third-order valence-corrected chi connectivity index (χ3v) is 5.49. The van der Waals surface area contributed by atoms with Crippen LogP contribution in [0.1, 0.15) is 12.0 Å². The molecule has 0 spiro atoms. The first-order valence-corrected chi connectivity index (χ1v) is 8.51. The molecule has 25 heavy (non-hydrogen) atoms. The molecule has 2 heterocycles. The monoisotopic (exact) mass is 354 g/mol. The lowest BCUT2D eigenvalue weighted by Crippen LogP contribution is -2.50. The highest BCUT2D eigenvalue weighted by molar-refractivity contribution is 5.77. The number of benzene rings is 1. The largest absolute Gasteiger partial charge is 0.396 e. The molecule has 7 heteroatoms. The number of fused-ring (bicyclic) bond motifs is 1. The number of halogens is 2. The van der Waals surface area contributed by atoms with E-state index in [2.05, 4.69) is 4.90 Å². The number of carbonyl (C=O) groups is 1. The van der Waals surface area contributed by atoms with Crippen LogP contribution in [0.25, 0.3) is 0 Å². The van der Waals surface area contributed by atoms with Gasteiger partial charge in [-0.15, -0.1) is 0 Å². The number of methoxy groups -OCH3 is 1. The molecule has 1 N–H and O–H groups in total. The highest BCUT2D eigenvalue weighted by Crippen LogP contribution is 2.42. The van der Waals surface area contributed by atoms with Crippen LogP contribution in [0, 0.1) is 23.0 Å². The number of aliphatic hydroxyl groups is 1. The Morgan fingerprint density at radius 2 is 2.20 bits per heavy atom. The number of aliphatic hydroxyl groups excluding tert-OH is 1. The topological polar surface area (TPSA) is 53.0 Å². The Labute approximate surface area is 146 Å². The number of amides is 1. The smallest absolute Gasteiger partial charge is 0.248 e. The molecule has 0 aromatic heterocycles. The van der Waals surface area contributed by atoms with Crippen LogP contribution in [0.2, 0.25) is 0 Å². The second-order valence-electron chi connectivity index (χ2n) is 7.16. The first-order valence-electron chi connectivity index (χ1n) is 8.51. The SMILES string of the molecule is COCC(=O)N1CC2CCN(Cc3ccc(F)cc3F)CC2(CO)C1. The lowest BCUT2D eigenvalue weighted by Gasteiger charge is -2.43. The van der Waals surface area contributed by atoms with Crippen molar-refractivity contribution in [3.05, 3.63) is 35.4 Å². The highest BCUT2D eigenvalue weighted by Gasteiger charge is 2.50. The van der Waals surface area contributed by atoms with Crippen molar-refractivity contribution < 1.29 is 23.4 Å². The molecule has 3 rings (SSSR count). The second-order valence-corrected chi connectivity index (χ2v) is 7.16. The molecule has 1 aromatic carbocycles. The van der Waals surface area contributed by atoms with Crippen LogP contribution in [0.4, 0.5) is 8.78 Å². The summed E-state index contributed by atoms with van der Waals surface area (Å²) >= 11 is 0. The number of rotatable bonds is 5. The minimum atomic E-state index is -0.588. The Bertz CT molecular complexity index is 643. The van der Waals surface area contributed by atoms with Gasteiger partial charge >= 0.3 is 0 Å². The van der Waals surface area contributed by atoms with Crippen LogP contribution in [-0.4, -0.2) is 67.3 Å². The lowest BCUT2D eigenvalue weighted by molar-refractivity contribution is -0.134.